The van der Waals surface area contributed by atoms with E-state index in [1.807, 2.05) is 0 Å². The van der Waals surface area contributed by atoms with Crippen LogP contribution in [0.5, 0.6) is 0 Å². The standard InChI is InChI=1S/C18H13F4NO2S.C4H5ClO3/c1-26(24,25)15-8-2-12(3-9-15)16-10-11-17(18(20,21)22)23(16)14-6-4-13(19)5-7-14;1-2-8-4(7)3(5)6/h2-11H,1H3;2H2,1H3. The van der Waals surface area contributed by atoms with Crippen LogP contribution in [0, 0.1) is 5.82 Å². The van der Waals surface area contributed by atoms with E-state index in [0.717, 1.165) is 29.0 Å². The molecular weight excluding hydrogens is 502 g/mol. The number of carbonyl (C=O) groups is 2. The van der Waals surface area contributed by atoms with Crippen molar-refractivity contribution in [3.63, 3.8) is 0 Å². The third-order valence-corrected chi connectivity index (χ3v) is 5.55. The van der Waals surface area contributed by atoms with Crippen molar-refractivity contribution in [3.8, 4) is 16.9 Å². The summed E-state index contributed by atoms with van der Waals surface area (Å²) in [5.74, 6) is -1.55. The van der Waals surface area contributed by atoms with Crippen LogP contribution < -0.4 is 0 Å². The number of carbonyl (C=O) groups excluding carboxylic acids is 2. The third kappa shape index (κ3) is 6.91. The van der Waals surface area contributed by atoms with Crippen LogP contribution in [0.3, 0.4) is 0 Å². The van der Waals surface area contributed by atoms with Crippen LogP contribution in [-0.2, 0) is 30.3 Å². The number of benzene rings is 2. The second-order valence-corrected chi connectivity index (χ2v) is 9.06. The minimum absolute atomic E-state index is 0.0668. The highest BCUT2D eigenvalue weighted by Crippen LogP contribution is 2.36. The Balaban J connectivity index is 0.000000440. The molecule has 3 rings (SSSR count). The molecule has 34 heavy (non-hydrogen) atoms. The summed E-state index contributed by atoms with van der Waals surface area (Å²) >= 11 is 4.69. The molecule has 0 fully saturated rings. The lowest BCUT2D eigenvalue weighted by atomic mass is 10.1. The maximum Gasteiger partial charge on any atom is 0.431 e. The molecule has 0 aliphatic carbocycles. The van der Waals surface area contributed by atoms with Gasteiger partial charge in [0, 0.05) is 11.9 Å². The predicted molar refractivity (Wildman–Crippen MR) is 117 cm³/mol. The van der Waals surface area contributed by atoms with Gasteiger partial charge in [0.15, 0.2) is 9.84 Å². The van der Waals surface area contributed by atoms with Gasteiger partial charge in [-0.25, -0.2) is 17.6 Å². The molecule has 0 bridgehead atoms. The fourth-order valence-electron chi connectivity index (χ4n) is 2.81. The van der Waals surface area contributed by atoms with Crippen LogP contribution >= 0.6 is 11.6 Å². The summed E-state index contributed by atoms with van der Waals surface area (Å²) < 4.78 is 81.6. The van der Waals surface area contributed by atoms with E-state index in [1.54, 1.807) is 6.92 Å². The molecule has 12 heteroatoms. The zero-order chi connectivity index (χ0) is 25.7. The highest BCUT2D eigenvalue weighted by molar-refractivity contribution is 7.90. The number of hydrogen-bond acceptors (Lipinski definition) is 5. The Kier molecular flexibility index (Phi) is 8.62. The van der Waals surface area contributed by atoms with Gasteiger partial charge < -0.3 is 9.30 Å². The predicted octanol–water partition coefficient (Wildman–Crippen LogP) is 5.02. The van der Waals surface area contributed by atoms with Crippen molar-refractivity contribution in [1.29, 1.82) is 0 Å². The first-order chi connectivity index (χ1) is 15.8. The van der Waals surface area contributed by atoms with E-state index in [2.05, 4.69) is 4.74 Å². The molecule has 0 saturated heterocycles. The summed E-state index contributed by atoms with van der Waals surface area (Å²) in [6, 6.07) is 12.4. The van der Waals surface area contributed by atoms with Gasteiger partial charge in [-0.1, -0.05) is 12.1 Å². The lowest BCUT2D eigenvalue weighted by Gasteiger charge is -2.16. The van der Waals surface area contributed by atoms with Gasteiger partial charge in [-0.15, -0.1) is 0 Å². The Morgan fingerprint density at radius 1 is 0.971 bits per heavy atom. The largest absolute Gasteiger partial charge is 0.459 e. The van der Waals surface area contributed by atoms with Crippen molar-refractivity contribution in [1.82, 2.24) is 4.57 Å². The second kappa shape index (κ2) is 10.8. The minimum atomic E-state index is -4.61. The lowest BCUT2D eigenvalue weighted by Crippen LogP contribution is -2.13. The molecule has 0 aliphatic heterocycles. The van der Waals surface area contributed by atoms with E-state index < -0.39 is 38.7 Å². The van der Waals surface area contributed by atoms with Crippen LogP contribution in [-0.4, -0.2) is 37.1 Å². The van der Waals surface area contributed by atoms with Gasteiger partial charge in [0.05, 0.1) is 17.2 Å². The van der Waals surface area contributed by atoms with E-state index in [4.69, 9.17) is 11.6 Å². The molecule has 0 atom stereocenters. The zero-order valence-electron chi connectivity index (χ0n) is 17.8. The van der Waals surface area contributed by atoms with Crippen LogP contribution in [0.15, 0.2) is 65.6 Å². The summed E-state index contributed by atoms with van der Waals surface area (Å²) in [4.78, 5) is 19.9. The fourth-order valence-corrected chi connectivity index (χ4v) is 3.50. The highest BCUT2D eigenvalue weighted by atomic mass is 35.5. The van der Waals surface area contributed by atoms with E-state index in [0.29, 0.717) is 5.56 Å². The van der Waals surface area contributed by atoms with Crippen LogP contribution in [0.25, 0.3) is 16.9 Å². The number of nitrogens with zero attached hydrogens (tertiary/aromatic N) is 1. The second-order valence-electron chi connectivity index (χ2n) is 6.70. The number of halogens is 5. The van der Waals surface area contributed by atoms with Gasteiger partial charge in [0.1, 0.15) is 11.5 Å². The maximum atomic E-state index is 13.4. The van der Waals surface area contributed by atoms with E-state index >= 15 is 0 Å². The third-order valence-electron chi connectivity index (χ3n) is 4.27. The number of aromatic nitrogens is 1. The van der Waals surface area contributed by atoms with Crippen molar-refractivity contribution in [2.24, 2.45) is 0 Å². The molecule has 182 valence electrons. The highest BCUT2D eigenvalue weighted by Gasteiger charge is 2.35. The molecule has 0 radical (unpaired) electrons. The molecule has 1 heterocycles. The SMILES string of the molecule is CCOC(=O)C(=O)Cl.CS(=O)(=O)c1ccc(-c2ccc(C(F)(F)F)n2-c2ccc(F)cc2)cc1. The molecule has 0 spiro atoms. The molecule has 0 unspecified atom stereocenters. The number of ether oxygens (including phenoxy) is 1. The minimum Gasteiger partial charge on any atom is -0.459 e. The average Bonchev–Trinajstić information content (AvgIpc) is 3.20. The van der Waals surface area contributed by atoms with Crippen LogP contribution in [0.2, 0.25) is 0 Å². The Hall–Kier alpha value is -3.18. The lowest BCUT2D eigenvalue weighted by molar-refractivity contribution is -0.149. The first-order valence-electron chi connectivity index (χ1n) is 9.47. The number of alkyl halides is 3. The Labute approximate surface area is 197 Å². The Morgan fingerprint density at radius 3 is 1.94 bits per heavy atom. The fraction of sp³-hybridized carbons (Fsp3) is 0.182. The normalized spacial score (nSPS) is 11.4. The number of rotatable bonds is 5. The summed E-state index contributed by atoms with van der Waals surface area (Å²) in [5, 5.41) is -1.08. The quantitative estimate of drug-likeness (QED) is 0.205. The first-order valence-corrected chi connectivity index (χ1v) is 11.7. The molecule has 0 amide bonds. The molecule has 0 N–H and O–H groups in total. The average molecular weight is 520 g/mol. The van der Waals surface area contributed by atoms with E-state index in [1.165, 1.54) is 42.5 Å². The number of hydrogen-bond donors (Lipinski definition) is 0. The van der Waals surface area contributed by atoms with Crippen LogP contribution in [0.4, 0.5) is 17.6 Å². The summed E-state index contributed by atoms with van der Waals surface area (Å²) in [5.41, 5.74) is -0.154. The smallest absolute Gasteiger partial charge is 0.431 e. The Morgan fingerprint density at radius 2 is 1.53 bits per heavy atom. The molecule has 2 aromatic carbocycles. The van der Waals surface area contributed by atoms with Gasteiger partial charge in [-0.05, 0) is 72.6 Å². The topological polar surface area (TPSA) is 82.4 Å². The van der Waals surface area contributed by atoms with Crippen molar-refractivity contribution in [3.05, 3.63) is 72.2 Å². The van der Waals surface area contributed by atoms with Gasteiger partial charge >= 0.3 is 17.4 Å². The molecular formula is C22H18ClF4NO5S. The number of sulfone groups is 1. The summed E-state index contributed by atoms with van der Waals surface area (Å²) in [6.45, 7) is 1.77. The van der Waals surface area contributed by atoms with Crippen molar-refractivity contribution < 1.29 is 40.3 Å². The van der Waals surface area contributed by atoms with E-state index in [-0.39, 0.29) is 22.9 Å². The molecule has 0 saturated carbocycles. The monoisotopic (exact) mass is 519 g/mol. The van der Waals surface area contributed by atoms with Crippen LogP contribution in [0.1, 0.15) is 12.6 Å². The molecule has 3 aromatic rings. The first kappa shape index (κ1) is 27.1. The van der Waals surface area contributed by atoms with Crippen molar-refractivity contribution in [2.75, 3.05) is 12.9 Å². The molecule has 1 aromatic heterocycles. The molecule has 0 aliphatic rings. The summed E-state index contributed by atoms with van der Waals surface area (Å²) in [6.07, 6.45) is -3.57. The Bertz CT molecular complexity index is 1270. The molecule has 6 nitrogen and oxygen atoms in total. The van der Waals surface area contributed by atoms with Gasteiger partial charge in [-0.2, -0.15) is 13.2 Å². The van der Waals surface area contributed by atoms with Gasteiger partial charge in [0.25, 0.3) is 0 Å². The zero-order valence-corrected chi connectivity index (χ0v) is 19.3. The van der Waals surface area contributed by atoms with Gasteiger partial charge in [-0.3, -0.25) is 4.79 Å². The van der Waals surface area contributed by atoms with E-state index in [9.17, 15) is 35.6 Å². The van der Waals surface area contributed by atoms with Crippen molar-refractivity contribution >= 4 is 32.6 Å². The number of esters is 1. The van der Waals surface area contributed by atoms with Crippen molar-refractivity contribution in [2.45, 2.75) is 18.0 Å². The maximum absolute atomic E-state index is 13.4. The summed E-state index contributed by atoms with van der Waals surface area (Å²) in [7, 11) is -3.42. The van der Waals surface area contributed by atoms with Gasteiger partial charge in [0.2, 0.25) is 0 Å².